The fraction of sp³-hybridized carbons (Fsp3) is 0.286. The molecule has 0 heterocycles. The molecule has 0 radical (unpaired) electrons. The average Bonchev–Trinajstić information content (AvgIpc) is 2.91. The number of rotatable bonds is 11. The van der Waals surface area contributed by atoms with Gasteiger partial charge in [-0.25, -0.2) is 8.42 Å². The lowest BCUT2D eigenvalue weighted by atomic mass is 10.1. The summed E-state index contributed by atoms with van der Waals surface area (Å²) < 4.78 is 28.5. The van der Waals surface area contributed by atoms with Gasteiger partial charge in [-0.05, 0) is 62.2 Å². The van der Waals surface area contributed by atoms with Crippen LogP contribution in [0.15, 0.2) is 77.7 Å². The lowest BCUT2D eigenvalue weighted by Gasteiger charge is -2.32. The molecule has 1 atom stereocenters. The molecule has 0 saturated carbocycles. The van der Waals surface area contributed by atoms with Crippen LogP contribution in [0.4, 0.5) is 5.69 Å². The second-order valence-electron chi connectivity index (χ2n) is 8.90. The van der Waals surface area contributed by atoms with Gasteiger partial charge in [0.25, 0.3) is 10.0 Å². The molecule has 0 aliphatic carbocycles. The zero-order valence-electron chi connectivity index (χ0n) is 21.5. The van der Waals surface area contributed by atoms with Gasteiger partial charge in [-0.15, -0.1) is 0 Å². The summed E-state index contributed by atoms with van der Waals surface area (Å²) in [6.07, 6.45) is 0.732. The van der Waals surface area contributed by atoms with Crippen molar-refractivity contribution in [2.75, 3.05) is 17.4 Å². The predicted octanol–water partition coefficient (Wildman–Crippen LogP) is 5.44. The van der Waals surface area contributed by atoms with Crippen molar-refractivity contribution in [2.45, 2.75) is 44.7 Å². The molecular weight excluding hydrogens is 545 g/mol. The Labute approximate surface area is 234 Å². The van der Waals surface area contributed by atoms with E-state index in [1.165, 1.54) is 17.0 Å². The van der Waals surface area contributed by atoms with Crippen LogP contribution in [0, 0.1) is 6.92 Å². The molecule has 0 bridgehead atoms. The van der Waals surface area contributed by atoms with Gasteiger partial charge in [0.15, 0.2) is 0 Å². The van der Waals surface area contributed by atoms with Gasteiger partial charge in [-0.2, -0.15) is 0 Å². The van der Waals surface area contributed by atoms with Crippen molar-refractivity contribution in [3.8, 4) is 0 Å². The molecule has 0 fully saturated rings. The molecular formula is C28H31Cl2N3O4S. The van der Waals surface area contributed by atoms with Crippen molar-refractivity contribution >= 4 is 50.7 Å². The summed E-state index contributed by atoms with van der Waals surface area (Å²) in [7, 11) is -4.09. The maximum absolute atomic E-state index is 13.8. The van der Waals surface area contributed by atoms with E-state index in [9.17, 15) is 18.0 Å². The van der Waals surface area contributed by atoms with E-state index >= 15 is 0 Å². The average molecular weight is 577 g/mol. The molecule has 3 aromatic carbocycles. The molecule has 0 saturated heterocycles. The number of amides is 2. The number of aryl methyl sites for hydroxylation is 1. The van der Waals surface area contributed by atoms with E-state index in [0.717, 1.165) is 16.3 Å². The van der Waals surface area contributed by atoms with E-state index in [-0.39, 0.29) is 17.3 Å². The number of halogens is 2. The van der Waals surface area contributed by atoms with Crippen LogP contribution in [0.3, 0.4) is 0 Å². The van der Waals surface area contributed by atoms with Crippen molar-refractivity contribution in [1.82, 2.24) is 10.2 Å². The van der Waals surface area contributed by atoms with Crippen molar-refractivity contribution in [3.05, 3.63) is 94.0 Å². The maximum atomic E-state index is 13.8. The Balaban J connectivity index is 2.01. The number of carbonyl (C=O) groups excluding carboxylic acids is 2. The fourth-order valence-electron chi connectivity index (χ4n) is 3.77. The first-order chi connectivity index (χ1) is 18.0. The Morgan fingerprint density at radius 3 is 2.21 bits per heavy atom. The van der Waals surface area contributed by atoms with E-state index in [2.05, 4.69) is 5.32 Å². The second kappa shape index (κ2) is 13.1. The lowest BCUT2D eigenvalue weighted by molar-refractivity contribution is -0.139. The Morgan fingerprint density at radius 1 is 0.947 bits per heavy atom. The zero-order valence-corrected chi connectivity index (χ0v) is 23.9. The van der Waals surface area contributed by atoms with Crippen LogP contribution >= 0.6 is 23.2 Å². The standard InChI is InChI=1S/C28H31Cl2N3O4S/c1-4-16-31-28(35)21(3)32(18-22-12-15-25(29)26(30)17-22)27(34)19-33(23-13-10-20(2)11-14-23)38(36,37)24-8-6-5-7-9-24/h5-15,17,21H,4,16,18-19H2,1-3H3,(H,31,35)/t21-/m1/s1. The van der Waals surface area contributed by atoms with Crippen LogP contribution < -0.4 is 9.62 Å². The highest BCUT2D eigenvalue weighted by molar-refractivity contribution is 7.92. The van der Waals surface area contributed by atoms with E-state index in [1.807, 2.05) is 13.8 Å². The maximum Gasteiger partial charge on any atom is 0.264 e. The molecule has 0 spiro atoms. The zero-order chi connectivity index (χ0) is 27.9. The fourth-order valence-corrected chi connectivity index (χ4v) is 5.53. The first-order valence-corrected chi connectivity index (χ1v) is 14.4. The number of hydrogen-bond acceptors (Lipinski definition) is 4. The summed E-state index contributed by atoms with van der Waals surface area (Å²) in [6.45, 7) is 5.41. The van der Waals surface area contributed by atoms with Gasteiger partial charge in [-0.1, -0.05) is 72.1 Å². The summed E-state index contributed by atoms with van der Waals surface area (Å²) >= 11 is 12.2. The quantitative estimate of drug-likeness (QED) is 0.330. The number of nitrogens with one attached hydrogen (secondary N) is 1. The SMILES string of the molecule is CCCNC(=O)[C@@H](C)N(Cc1ccc(Cl)c(Cl)c1)C(=O)CN(c1ccc(C)cc1)S(=O)(=O)c1ccccc1. The van der Waals surface area contributed by atoms with Gasteiger partial charge in [0.1, 0.15) is 12.6 Å². The molecule has 202 valence electrons. The van der Waals surface area contributed by atoms with E-state index < -0.39 is 28.5 Å². The summed E-state index contributed by atoms with van der Waals surface area (Å²) in [6, 6.07) is 18.9. The van der Waals surface area contributed by atoms with Gasteiger partial charge in [0, 0.05) is 13.1 Å². The van der Waals surface area contributed by atoms with Gasteiger partial charge in [-0.3, -0.25) is 13.9 Å². The molecule has 3 aromatic rings. The molecule has 2 amide bonds. The first kappa shape index (κ1) is 29.5. The Morgan fingerprint density at radius 2 is 1.61 bits per heavy atom. The third kappa shape index (κ3) is 7.28. The largest absolute Gasteiger partial charge is 0.354 e. The van der Waals surface area contributed by atoms with Gasteiger partial charge < -0.3 is 10.2 Å². The molecule has 0 aliphatic rings. The van der Waals surface area contributed by atoms with Crippen LogP contribution in [-0.4, -0.2) is 44.3 Å². The smallest absolute Gasteiger partial charge is 0.264 e. The topological polar surface area (TPSA) is 86.8 Å². The molecule has 0 aliphatic heterocycles. The Kier molecular flexibility index (Phi) is 10.2. The third-order valence-corrected chi connectivity index (χ3v) is 8.51. The molecule has 0 unspecified atom stereocenters. The normalized spacial score (nSPS) is 12.0. The number of hydrogen-bond donors (Lipinski definition) is 1. The third-order valence-electron chi connectivity index (χ3n) is 5.99. The summed E-state index contributed by atoms with van der Waals surface area (Å²) in [4.78, 5) is 28.1. The molecule has 38 heavy (non-hydrogen) atoms. The van der Waals surface area contributed by atoms with Crippen molar-refractivity contribution < 1.29 is 18.0 Å². The monoisotopic (exact) mass is 575 g/mol. The highest BCUT2D eigenvalue weighted by Gasteiger charge is 2.32. The molecule has 3 rings (SSSR count). The van der Waals surface area contributed by atoms with Gasteiger partial charge in [0.05, 0.1) is 20.6 Å². The lowest BCUT2D eigenvalue weighted by Crippen LogP contribution is -2.51. The number of sulfonamides is 1. The van der Waals surface area contributed by atoms with E-state index in [4.69, 9.17) is 23.2 Å². The van der Waals surface area contributed by atoms with Crippen LogP contribution in [-0.2, 0) is 26.2 Å². The van der Waals surface area contributed by atoms with E-state index in [0.29, 0.717) is 27.8 Å². The molecule has 0 aromatic heterocycles. The minimum Gasteiger partial charge on any atom is -0.354 e. The molecule has 7 nitrogen and oxygen atoms in total. The summed E-state index contributed by atoms with van der Waals surface area (Å²) in [5.41, 5.74) is 1.93. The highest BCUT2D eigenvalue weighted by Crippen LogP contribution is 2.26. The number of nitrogens with zero attached hydrogens (tertiary/aromatic N) is 2. The second-order valence-corrected chi connectivity index (χ2v) is 11.6. The van der Waals surface area contributed by atoms with Crippen LogP contribution in [0.2, 0.25) is 10.0 Å². The number of carbonyl (C=O) groups is 2. The van der Waals surface area contributed by atoms with Gasteiger partial charge in [0.2, 0.25) is 11.8 Å². The summed E-state index contributed by atoms with van der Waals surface area (Å²) in [5.74, 6) is -0.886. The highest BCUT2D eigenvalue weighted by atomic mass is 35.5. The predicted molar refractivity (Wildman–Crippen MR) is 152 cm³/mol. The number of anilines is 1. The minimum atomic E-state index is -4.09. The van der Waals surface area contributed by atoms with Crippen molar-refractivity contribution in [1.29, 1.82) is 0 Å². The Hall–Kier alpha value is -3.07. The van der Waals surface area contributed by atoms with E-state index in [1.54, 1.807) is 67.6 Å². The Bertz CT molecular complexity index is 1370. The van der Waals surface area contributed by atoms with Crippen LogP contribution in [0.5, 0.6) is 0 Å². The van der Waals surface area contributed by atoms with Crippen molar-refractivity contribution in [3.63, 3.8) is 0 Å². The summed E-state index contributed by atoms with van der Waals surface area (Å²) in [5, 5.41) is 3.48. The van der Waals surface area contributed by atoms with Crippen LogP contribution in [0.25, 0.3) is 0 Å². The first-order valence-electron chi connectivity index (χ1n) is 12.2. The molecule has 10 heteroatoms. The van der Waals surface area contributed by atoms with Crippen LogP contribution in [0.1, 0.15) is 31.4 Å². The number of benzene rings is 3. The molecule has 1 N–H and O–H groups in total. The van der Waals surface area contributed by atoms with Gasteiger partial charge >= 0.3 is 0 Å². The van der Waals surface area contributed by atoms with Crippen molar-refractivity contribution in [2.24, 2.45) is 0 Å². The minimum absolute atomic E-state index is 0.0313.